The third kappa shape index (κ3) is 4.44. The maximum Gasteiger partial charge on any atom is 0.328 e. The Morgan fingerprint density at radius 3 is 2.19 bits per heavy atom. The number of hydrogen-bond acceptors (Lipinski definition) is 4. The molecule has 120 valence electrons. The Labute approximate surface area is 125 Å². The van der Waals surface area contributed by atoms with E-state index in [2.05, 4.69) is 10.1 Å². The van der Waals surface area contributed by atoms with E-state index in [-0.39, 0.29) is 12.3 Å². The molecule has 2 N–H and O–H groups in total. The van der Waals surface area contributed by atoms with Gasteiger partial charge in [0.25, 0.3) is 0 Å². The highest BCUT2D eigenvalue weighted by molar-refractivity contribution is 5.88. The molecule has 1 fully saturated rings. The zero-order valence-electron chi connectivity index (χ0n) is 13.0. The van der Waals surface area contributed by atoms with Gasteiger partial charge in [0, 0.05) is 6.42 Å². The lowest BCUT2D eigenvalue weighted by Crippen LogP contribution is -2.47. The molecular formula is C15H25NO5. The van der Waals surface area contributed by atoms with Gasteiger partial charge in [-0.2, -0.15) is 0 Å². The summed E-state index contributed by atoms with van der Waals surface area (Å²) in [6, 6.07) is -0.739. The van der Waals surface area contributed by atoms with Gasteiger partial charge in [0.05, 0.1) is 12.5 Å². The summed E-state index contributed by atoms with van der Waals surface area (Å²) in [5.74, 6) is -1.94. The van der Waals surface area contributed by atoms with Gasteiger partial charge < -0.3 is 15.2 Å². The van der Waals surface area contributed by atoms with Crippen molar-refractivity contribution in [2.24, 2.45) is 11.3 Å². The van der Waals surface area contributed by atoms with Crippen molar-refractivity contribution >= 4 is 17.8 Å². The number of ether oxygens (including phenoxy) is 1. The standard InChI is InChI=1S/C15H25NO5/c1-10(2)12(13(18)21-3)16-11(17)9-15(14(19)20)7-5-4-6-8-15/h10,12H,4-9H2,1-3H3,(H,16,17)(H,19,20). The van der Waals surface area contributed by atoms with E-state index >= 15 is 0 Å². The zero-order valence-corrected chi connectivity index (χ0v) is 13.0. The minimum absolute atomic E-state index is 0.0808. The van der Waals surface area contributed by atoms with Gasteiger partial charge >= 0.3 is 11.9 Å². The second kappa shape index (κ2) is 7.43. The normalized spacial score (nSPS) is 18.9. The summed E-state index contributed by atoms with van der Waals surface area (Å²) in [6.07, 6.45) is 3.60. The molecule has 0 aromatic carbocycles. The first-order valence-electron chi connectivity index (χ1n) is 7.43. The Morgan fingerprint density at radius 1 is 1.19 bits per heavy atom. The number of nitrogens with one attached hydrogen (secondary N) is 1. The topological polar surface area (TPSA) is 92.7 Å². The van der Waals surface area contributed by atoms with E-state index in [1.165, 1.54) is 7.11 Å². The Morgan fingerprint density at radius 2 is 1.76 bits per heavy atom. The molecule has 1 amide bonds. The first-order valence-corrected chi connectivity index (χ1v) is 7.43. The molecule has 1 atom stereocenters. The van der Waals surface area contributed by atoms with Gasteiger partial charge in [-0.25, -0.2) is 4.79 Å². The van der Waals surface area contributed by atoms with Crippen LogP contribution in [0.1, 0.15) is 52.4 Å². The molecule has 1 aliphatic rings. The summed E-state index contributed by atoms with van der Waals surface area (Å²) in [5.41, 5.74) is -0.986. The number of aliphatic carboxylic acids is 1. The van der Waals surface area contributed by atoms with E-state index in [0.717, 1.165) is 19.3 Å². The Balaban J connectivity index is 2.73. The molecule has 1 saturated carbocycles. The SMILES string of the molecule is COC(=O)C(NC(=O)CC1(C(=O)O)CCCCC1)C(C)C. The van der Waals surface area contributed by atoms with E-state index < -0.39 is 29.3 Å². The number of amides is 1. The van der Waals surface area contributed by atoms with E-state index in [1.807, 2.05) is 0 Å². The van der Waals surface area contributed by atoms with E-state index in [0.29, 0.717) is 12.8 Å². The Hall–Kier alpha value is -1.59. The fourth-order valence-electron chi connectivity index (χ4n) is 2.85. The fourth-order valence-corrected chi connectivity index (χ4v) is 2.85. The van der Waals surface area contributed by atoms with Crippen LogP contribution in [0.15, 0.2) is 0 Å². The highest BCUT2D eigenvalue weighted by Crippen LogP contribution is 2.39. The lowest BCUT2D eigenvalue weighted by atomic mass is 9.71. The monoisotopic (exact) mass is 299 g/mol. The Bertz CT molecular complexity index is 399. The highest BCUT2D eigenvalue weighted by Gasteiger charge is 2.42. The van der Waals surface area contributed by atoms with Crippen LogP contribution in [-0.4, -0.2) is 36.1 Å². The summed E-state index contributed by atoms with van der Waals surface area (Å²) in [5, 5.41) is 12.1. The van der Waals surface area contributed by atoms with Crippen molar-refractivity contribution < 1.29 is 24.2 Å². The van der Waals surface area contributed by atoms with Crippen LogP contribution in [0, 0.1) is 11.3 Å². The van der Waals surface area contributed by atoms with Crippen molar-refractivity contribution in [1.29, 1.82) is 0 Å². The number of carbonyl (C=O) groups excluding carboxylic acids is 2. The van der Waals surface area contributed by atoms with Gasteiger partial charge in [0.15, 0.2) is 0 Å². The molecule has 0 bridgehead atoms. The third-order valence-corrected chi connectivity index (χ3v) is 4.20. The van der Waals surface area contributed by atoms with Crippen molar-refractivity contribution in [3.63, 3.8) is 0 Å². The molecule has 1 unspecified atom stereocenters. The second-order valence-corrected chi connectivity index (χ2v) is 6.14. The van der Waals surface area contributed by atoms with Crippen molar-refractivity contribution in [3.8, 4) is 0 Å². The average Bonchev–Trinajstić information content (AvgIpc) is 2.44. The first kappa shape index (κ1) is 17.5. The number of hydrogen-bond donors (Lipinski definition) is 2. The fraction of sp³-hybridized carbons (Fsp3) is 0.800. The van der Waals surface area contributed by atoms with Gasteiger partial charge in [-0.05, 0) is 18.8 Å². The molecule has 0 saturated heterocycles. The number of esters is 1. The Kier molecular flexibility index (Phi) is 6.18. The van der Waals surface area contributed by atoms with Gasteiger partial charge in [-0.1, -0.05) is 33.1 Å². The van der Waals surface area contributed by atoms with Crippen LogP contribution in [0.25, 0.3) is 0 Å². The van der Waals surface area contributed by atoms with Gasteiger partial charge in [-0.15, -0.1) is 0 Å². The predicted molar refractivity (Wildman–Crippen MR) is 76.6 cm³/mol. The highest BCUT2D eigenvalue weighted by atomic mass is 16.5. The molecule has 0 aliphatic heterocycles. The molecule has 6 nitrogen and oxygen atoms in total. The van der Waals surface area contributed by atoms with Gasteiger partial charge in [0.1, 0.15) is 6.04 Å². The number of carboxylic acids is 1. The van der Waals surface area contributed by atoms with Crippen LogP contribution in [0.2, 0.25) is 0 Å². The molecule has 0 aromatic heterocycles. The molecule has 6 heteroatoms. The number of rotatable bonds is 6. The third-order valence-electron chi connectivity index (χ3n) is 4.20. The summed E-state index contributed by atoms with van der Waals surface area (Å²) < 4.78 is 4.67. The van der Waals surface area contributed by atoms with Crippen LogP contribution in [0.3, 0.4) is 0 Å². The predicted octanol–water partition coefficient (Wildman–Crippen LogP) is 1.73. The molecule has 0 aromatic rings. The van der Waals surface area contributed by atoms with Crippen LogP contribution >= 0.6 is 0 Å². The maximum absolute atomic E-state index is 12.2. The van der Waals surface area contributed by atoms with Crippen LogP contribution in [0.4, 0.5) is 0 Å². The summed E-state index contributed by atoms with van der Waals surface area (Å²) in [4.78, 5) is 35.4. The lowest BCUT2D eigenvalue weighted by molar-refractivity contribution is -0.154. The number of carbonyl (C=O) groups is 3. The van der Waals surface area contributed by atoms with Crippen molar-refractivity contribution in [2.45, 2.75) is 58.4 Å². The smallest absolute Gasteiger partial charge is 0.328 e. The molecule has 1 aliphatic carbocycles. The summed E-state index contributed by atoms with van der Waals surface area (Å²) >= 11 is 0. The van der Waals surface area contributed by atoms with Crippen LogP contribution in [0.5, 0.6) is 0 Å². The number of methoxy groups -OCH3 is 1. The van der Waals surface area contributed by atoms with Crippen molar-refractivity contribution in [3.05, 3.63) is 0 Å². The molecule has 0 radical (unpaired) electrons. The zero-order chi connectivity index (χ0) is 16.0. The molecule has 21 heavy (non-hydrogen) atoms. The average molecular weight is 299 g/mol. The number of carboxylic acid groups (broad SMARTS) is 1. The first-order chi connectivity index (χ1) is 9.82. The van der Waals surface area contributed by atoms with Crippen LogP contribution < -0.4 is 5.32 Å². The van der Waals surface area contributed by atoms with E-state index in [9.17, 15) is 19.5 Å². The summed E-state index contributed by atoms with van der Waals surface area (Å²) in [7, 11) is 1.27. The van der Waals surface area contributed by atoms with Crippen molar-refractivity contribution in [1.82, 2.24) is 5.32 Å². The maximum atomic E-state index is 12.2. The largest absolute Gasteiger partial charge is 0.481 e. The van der Waals surface area contributed by atoms with Crippen molar-refractivity contribution in [2.75, 3.05) is 7.11 Å². The molecule has 1 rings (SSSR count). The summed E-state index contributed by atoms with van der Waals surface area (Å²) in [6.45, 7) is 3.60. The van der Waals surface area contributed by atoms with Crippen LogP contribution in [-0.2, 0) is 19.1 Å². The van der Waals surface area contributed by atoms with Gasteiger partial charge in [-0.3, -0.25) is 9.59 Å². The quantitative estimate of drug-likeness (QED) is 0.729. The minimum Gasteiger partial charge on any atom is -0.481 e. The van der Waals surface area contributed by atoms with E-state index in [4.69, 9.17) is 0 Å². The molecule has 0 heterocycles. The van der Waals surface area contributed by atoms with E-state index in [1.54, 1.807) is 13.8 Å². The van der Waals surface area contributed by atoms with Gasteiger partial charge in [0.2, 0.25) is 5.91 Å². The lowest BCUT2D eigenvalue weighted by Gasteiger charge is -2.33. The molecular weight excluding hydrogens is 274 g/mol. The second-order valence-electron chi connectivity index (χ2n) is 6.14. The minimum atomic E-state index is -0.986. The molecule has 0 spiro atoms.